The number of carbonyl (C=O) groups is 2. The highest BCUT2D eigenvalue weighted by molar-refractivity contribution is 7.92. The minimum atomic E-state index is -3.88. The Morgan fingerprint density at radius 1 is 1.09 bits per heavy atom. The first kappa shape index (κ1) is 25.1. The molecule has 0 bridgehead atoms. The van der Waals surface area contributed by atoms with Crippen LogP contribution >= 0.6 is 23.2 Å². The second kappa shape index (κ2) is 11.1. The first-order valence-corrected chi connectivity index (χ1v) is 12.6. The number of rotatable bonds is 8. The monoisotopic (exact) mass is 514 g/mol. The summed E-state index contributed by atoms with van der Waals surface area (Å²) in [5.74, 6) is -0.472. The van der Waals surface area contributed by atoms with Crippen LogP contribution in [0.3, 0.4) is 0 Å². The summed E-state index contributed by atoms with van der Waals surface area (Å²) in [7, 11) is -3.88. The summed E-state index contributed by atoms with van der Waals surface area (Å²) in [5, 5.41) is 0.545. The first-order valence-electron chi connectivity index (χ1n) is 10.3. The molecule has 0 aliphatic carbocycles. The molecule has 33 heavy (non-hydrogen) atoms. The van der Waals surface area contributed by atoms with Crippen molar-refractivity contribution in [1.29, 1.82) is 0 Å². The van der Waals surface area contributed by atoms with Gasteiger partial charge in [-0.05, 0) is 62.2 Å². The molecule has 0 atom stereocenters. The highest BCUT2D eigenvalue weighted by Gasteiger charge is 2.28. The number of hydrogen-bond acceptors (Lipinski definition) is 6. The van der Waals surface area contributed by atoms with Crippen LogP contribution in [0, 0.1) is 5.92 Å². The van der Waals surface area contributed by atoms with Gasteiger partial charge in [0, 0.05) is 23.8 Å². The van der Waals surface area contributed by atoms with Gasteiger partial charge >= 0.3 is 5.97 Å². The van der Waals surface area contributed by atoms with E-state index in [1.54, 1.807) is 36.1 Å². The Morgan fingerprint density at radius 3 is 2.36 bits per heavy atom. The first-order chi connectivity index (χ1) is 15.7. The zero-order valence-electron chi connectivity index (χ0n) is 17.9. The second-order valence-corrected chi connectivity index (χ2v) is 9.93. The number of nitrogens with one attached hydrogen (secondary N) is 1. The summed E-state index contributed by atoms with van der Waals surface area (Å²) in [6.07, 6.45) is 1.08. The number of esters is 1. The van der Waals surface area contributed by atoms with E-state index in [0.29, 0.717) is 43.2 Å². The van der Waals surface area contributed by atoms with E-state index in [-0.39, 0.29) is 40.1 Å². The molecule has 0 radical (unpaired) electrons. The van der Waals surface area contributed by atoms with Crippen LogP contribution in [-0.4, -0.2) is 51.5 Å². The maximum Gasteiger partial charge on any atom is 0.309 e. The molecule has 0 aromatic heterocycles. The molecule has 11 heteroatoms. The minimum Gasteiger partial charge on any atom is -0.482 e. The molecule has 1 aliphatic heterocycles. The fraction of sp³-hybridized carbons (Fsp3) is 0.364. The van der Waals surface area contributed by atoms with Gasteiger partial charge in [-0.3, -0.25) is 14.3 Å². The molecule has 2 aromatic carbocycles. The Bertz CT molecular complexity index is 1100. The van der Waals surface area contributed by atoms with Crippen LogP contribution in [0.15, 0.2) is 47.4 Å². The maximum absolute atomic E-state index is 12.6. The van der Waals surface area contributed by atoms with E-state index in [0.717, 1.165) is 0 Å². The molecule has 1 aliphatic rings. The number of nitrogens with zero attached hydrogens (tertiary/aromatic N) is 1. The zero-order valence-corrected chi connectivity index (χ0v) is 20.3. The largest absolute Gasteiger partial charge is 0.482 e. The molecule has 1 N–H and O–H groups in total. The number of benzene rings is 2. The summed E-state index contributed by atoms with van der Waals surface area (Å²) >= 11 is 12.0. The van der Waals surface area contributed by atoms with Gasteiger partial charge in [0.2, 0.25) is 0 Å². The molecule has 1 amide bonds. The third kappa shape index (κ3) is 6.75. The topological polar surface area (TPSA) is 102 Å². The second-order valence-electron chi connectivity index (χ2n) is 7.40. The van der Waals surface area contributed by atoms with Crippen molar-refractivity contribution >= 4 is 50.8 Å². The fourth-order valence-electron chi connectivity index (χ4n) is 3.35. The highest BCUT2D eigenvalue weighted by atomic mass is 35.5. The number of amides is 1. The molecule has 2 aromatic rings. The molecular weight excluding hydrogens is 491 g/mol. The van der Waals surface area contributed by atoms with E-state index in [4.69, 9.17) is 32.7 Å². The van der Waals surface area contributed by atoms with Gasteiger partial charge in [0.05, 0.1) is 22.4 Å². The predicted octanol–water partition coefficient (Wildman–Crippen LogP) is 3.97. The van der Waals surface area contributed by atoms with E-state index in [9.17, 15) is 18.0 Å². The number of likely N-dealkylation sites (tertiary alicyclic amines) is 1. The molecular formula is C22H24Cl2N2O6S. The molecule has 0 spiro atoms. The maximum atomic E-state index is 12.6. The summed E-state index contributed by atoms with van der Waals surface area (Å²) in [6, 6.07) is 10.2. The summed E-state index contributed by atoms with van der Waals surface area (Å²) in [4.78, 5) is 25.9. The molecule has 3 rings (SSSR count). The smallest absolute Gasteiger partial charge is 0.309 e. The summed E-state index contributed by atoms with van der Waals surface area (Å²) in [6.45, 7) is 2.72. The quantitative estimate of drug-likeness (QED) is 0.534. The Balaban J connectivity index is 1.55. The lowest BCUT2D eigenvalue weighted by Gasteiger charge is -2.30. The number of hydrogen-bond donors (Lipinski definition) is 1. The molecule has 0 saturated carbocycles. The zero-order chi connectivity index (χ0) is 24.0. The number of carbonyl (C=O) groups excluding carboxylic acids is 2. The van der Waals surface area contributed by atoms with Crippen LogP contribution in [0.25, 0.3) is 0 Å². The lowest BCUT2D eigenvalue weighted by Crippen LogP contribution is -2.42. The van der Waals surface area contributed by atoms with Gasteiger partial charge in [0.1, 0.15) is 5.75 Å². The Kier molecular flexibility index (Phi) is 8.45. The van der Waals surface area contributed by atoms with E-state index in [1.807, 2.05) is 0 Å². The average Bonchev–Trinajstić information content (AvgIpc) is 2.79. The lowest BCUT2D eigenvalue weighted by atomic mass is 9.97. The Morgan fingerprint density at radius 2 is 1.76 bits per heavy atom. The third-order valence-corrected chi connectivity index (χ3v) is 7.06. The molecule has 1 heterocycles. The normalized spacial score (nSPS) is 14.6. The number of anilines is 1. The number of sulfonamides is 1. The van der Waals surface area contributed by atoms with E-state index < -0.39 is 10.0 Å². The fourth-order valence-corrected chi connectivity index (χ4v) is 4.86. The van der Waals surface area contributed by atoms with Gasteiger partial charge in [-0.1, -0.05) is 23.2 Å². The lowest BCUT2D eigenvalue weighted by molar-refractivity contribution is -0.151. The van der Waals surface area contributed by atoms with Gasteiger partial charge < -0.3 is 14.4 Å². The van der Waals surface area contributed by atoms with Crippen LogP contribution < -0.4 is 9.46 Å². The molecule has 8 nitrogen and oxygen atoms in total. The highest BCUT2D eigenvalue weighted by Crippen LogP contribution is 2.29. The minimum absolute atomic E-state index is 0.0536. The van der Waals surface area contributed by atoms with Gasteiger partial charge in [-0.25, -0.2) is 8.42 Å². The van der Waals surface area contributed by atoms with Gasteiger partial charge in [-0.2, -0.15) is 0 Å². The van der Waals surface area contributed by atoms with Gasteiger partial charge in [0.25, 0.3) is 15.9 Å². The van der Waals surface area contributed by atoms with Crippen molar-refractivity contribution in [2.24, 2.45) is 5.92 Å². The predicted molar refractivity (Wildman–Crippen MR) is 125 cm³/mol. The summed E-state index contributed by atoms with van der Waals surface area (Å²) < 4.78 is 38.2. The SMILES string of the molecule is CCOC(=O)C1CCN(C(=O)COc2ccc(S(=O)(=O)Nc3ccc(Cl)cc3)cc2Cl)CC1. The number of piperidine rings is 1. The Labute approximate surface area is 202 Å². The molecule has 0 unspecified atom stereocenters. The van der Waals surface area contributed by atoms with Crippen LogP contribution in [-0.2, 0) is 24.3 Å². The van der Waals surface area contributed by atoms with Crippen molar-refractivity contribution in [2.45, 2.75) is 24.7 Å². The third-order valence-electron chi connectivity index (χ3n) is 5.13. The standard InChI is InChI=1S/C22H24Cl2N2O6S/c1-2-31-22(28)15-9-11-26(12-10-15)21(27)14-32-20-8-7-18(13-19(20)24)33(29,30)25-17-5-3-16(23)4-6-17/h3-8,13,15,25H,2,9-12,14H2,1H3. The van der Waals surface area contributed by atoms with Crippen LogP contribution in [0.1, 0.15) is 19.8 Å². The van der Waals surface area contributed by atoms with Gasteiger partial charge in [0.15, 0.2) is 6.61 Å². The molecule has 1 saturated heterocycles. The van der Waals surface area contributed by atoms with Crippen LogP contribution in [0.2, 0.25) is 10.0 Å². The summed E-state index contributed by atoms with van der Waals surface area (Å²) in [5.41, 5.74) is 0.355. The number of halogens is 2. The van der Waals surface area contributed by atoms with Crippen LogP contribution in [0.4, 0.5) is 5.69 Å². The van der Waals surface area contributed by atoms with Crippen molar-refractivity contribution < 1.29 is 27.5 Å². The van der Waals surface area contributed by atoms with Crippen molar-refractivity contribution in [2.75, 3.05) is 31.0 Å². The Hall–Kier alpha value is -2.49. The number of ether oxygens (including phenoxy) is 2. The van der Waals surface area contributed by atoms with Crippen molar-refractivity contribution in [3.8, 4) is 5.75 Å². The van der Waals surface area contributed by atoms with E-state index in [2.05, 4.69) is 4.72 Å². The van der Waals surface area contributed by atoms with Gasteiger partial charge in [-0.15, -0.1) is 0 Å². The van der Waals surface area contributed by atoms with Crippen molar-refractivity contribution in [1.82, 2.24) is 4.90 Å². The van der Waals surface area contributed by atoms with Crippen molar-refractivity contribution in [3.63, 3.8) is 0 Å². The van der Waals surface area contributed by atoms with E-state index in [1.165, 1.54) is 18.2 Å². The van der Waals surface area contributed by atoms with Crippen molar-refractivity contribution in [3.05, 3.63) is 52.5 Å². The van der Waals surface area contributed by atoms with Crippen LogP contribution in [0.5, 0.6) is 5.75 Å². The average molecular weight is 515 g/mol. The van der Waals surface area contributed by atoms with E-state index >= 15 is 0 Å². The molecule has 1 fully saturated rings. The molecule has 178 valence electrons.